The van der Waals surface area contributed by atoms with Gasteiger partial charge < -0.3 is 24.6 Å². The van der Waals surface area contributed by atoms with Gasteiger partial charge in [-0.15, -0.1) is 0 Å². The van der Waals surface area contributed by atoms with Crippen molar-refractivity contribution in [2.45, 2.75) is 26.4 Å². The highest BCUT2D eigenvalue weighted by Crippen LogP contribution is 2.28. The van der Waals surface area contributed by atoms with Crippen molar-refractivity contribution in [1.29, 1.82) is 0 Å². The summed E-state index contributed by atoms with van der Waals surface area (Å²) in [5.74, 6) is 0.841. The van der Waals surface area contributed by atoms with Crippen LogP contribution in [0.25, 0.3) is 0 Å². The van der Waals surface area contributed by atoms with Gasteiger partial charge in [-0.25, -0.2) is 0 Å². The number of methoxy groups -OCH3 is 1. The van der Waals surface area contributed by atoms with E-state index in [1.807, 2.05) is 13.8 Å². The van der Waals surface area contributed by atoms with Crippen LogP contribution in [0.3, 0.4) is 0 Å². The lowest BCUT2D eigenvalue weighted by molar-refractivity contribution is -0.0147. The van der Waals surface area contributed by atoms with E-state index in [-0.39, 0.29) is 19.1 Å². The normalized spacial score (nSPS) is 13.3. The first-order valence-electron chi connectivity index (χ1n) is 7.32. The number of carbonyl (C=O) groups excluding carboxylic acids is 1. The van der Waals surface area contributed by atoms with Crippen LogP contribution in [-0.4, -0.2) is 50.1 Å². The lowest BCUT2D eigenvalue weighted by Gasteiger charge is -2.22. The van der Waals surface area contributed by atoms with Crippen LogP contribution in [0.15, 0.2) is 18.2 Å². The fourth-order valence-electron chi connectivity index (χ4n) is 1.93. The van der Waals surface area contributed by atoms with Crippen LogP contribution in [0.4, 0.5) is 0 Å². The quantitative estimate of drug-likeness (QED) is 0.724. The molecule has 0 bridgehead atoms. The maximum Gasteiger partial charge on any atom is 0.251 e. The Labute approximate surface area is 131 Å². The Morgan fingerprint density at radius 1 is 1.23 bits per heavy atom. The zero-order chi connectivity index (χ0) is 16.6. The van der Waals surface area contributed by atoms with Gasteiger partial charge in [0.05, 0.1) is 19.8 Å². The highest BCUT2D eigenvalue weighted by molar-refractivity contribution is 5.94. The lowest BCUT2D eigenvalue weighted by Crippen LogP contribution is -2.43. The van der Waals surface area contributed by atoms with E-state index in [1.54, 1.807) is 25.1 Å². The Hall–Kier alpha value is -1.79. The molecule has 0 spiro atoms. The van der Waals surface area contributed by atoms with Gasteiger partial charge in [0.1, 0.15) is 5.60 Å². The third kappa shape index (κ3) is 5.54. The van der Waals surface area contributed by atoms with Crippen molar-refractivity contribution in [3.05, 3.63) is 23.8 Å². The molecule has 0 aliphatic rings. The minimum Gasteiger partial charge on any atom is -0.490 e. The van der Waals surface area contributed by atoms with Crippen molar-refractivity contribution in [3.8, 4) is 11.5 Å². The van der Waals surface area contributed by atoms with E-state index < -0.39 is 5.60 Å². The molecule has 2 N–H and O–H groups in total. The van der Waals surface area contributed by atoms with Gasteiger partial charge in [0, 0.05) is 19.2 Å². The summed E-state index contributed by atoms with van der Waals surface area (Å²) < 4.78 is 15.8. The number of rotatable bonds is 9. The van der Waals surface area contributed by atoms with Crippen molar-refractivity contribution in [3.63, 3.8) is 0 Å². The molecule has 1 aromatic carbocycles. The van der Waals surface area contributed by atoms with Crippen LogP contribution in [-0.2, 0) is 4.74 Å². The van der Waals surface area contributed by atoms with Gasteiger partial charge in [0.2, 0.25) is 0 Å². The maximum atomic E-state index is 12.2. The number of ether oxygens (including phenoxy) is 3. The third-order valence-electron chi connectivity index (χ3n) is 2.89. The number of amides is 1. The van der Waals surface area contributed by atoms with Gasteiger partial charge in [-0.3, -0.25) is 4.79 Å². The fourth-order valence-corrected chi connectivity index (χ4v) is 1.93. The Bertz CT molecular complexity index is 487. The van der Waals surface area contributed by atoms with Gasteiger partial charge >= 0.3 is 0 Å². The average Bonchev–Trinajstić information content (AvgIpc) is 2.47. The molecule has 0 radical (unpaired) electrons. The molecule has 0 aliphatic carbocycles. The summed E-state index contributed by atoms with van der Waals surface area (Å²) in [6, 6.07) is 5.00. The maximum absolute atomic E-state index is 12.2. The minimum absolute atomic E-state index is 0.0941. The number of carbonyl (C=O) groups is 1. The summed E-state index contributed by atoms with van der Waals surface area (Å²) in [4.78, 5) is 12.2. The Morgan fingerprint density at radius 3 is 2.45 bits per heavy atom. The second kappa shape index (κ2) is 8.60. The van der Waals surface area contributed by atoms with Crippen molar-refractivity contribution in [2.24, 2.45) is 0 Å². The molecule has 0 aromatic heterocycles. The van der Waals surface area contributed by atoms with Crippen molar-refractivity contribution in [1.82, 2.24) is 5.32 Å². The topological polar surface area (TPSA) is 77.0 Å². The molecular formula is C16H25NO5. The predicted octanol–water partition coefficient (Wildman–Crippen LogP) is 1.61. The van der Waals surface area contributed by atoms with E-state index in [0.29, 0.717) is 30.3 Å². The molecule has 1 amide bonds. The molecule has 124 valence electrons. The predicted molar refractivity (Wildman–Crippen MR) is 83.6 cm³/mol. The SMILES string of the molecule is CCOc1ccc(C(=O)NCC(C)(O)COC)cc1OCC. The van der Waals surface area contributed by atoms with Crippen LogP contribution in [0, 0.1) is 0 Å². The molecule has 0 saturated carbocycles. The summed E-state index contributed by atoms with van der Waals surface area (Å²) in [7, 11) is 1.50. The molecule has 1 unspecified atom stereocenters. The molecule has 1 rings (SSSR count). The number of hydrogen-bond donors (Lipinski definition) is 2. The van der Waals surface area contributed by atoms with Gasteiger partial charge in [-0.05, 0) is 39.0 Å². The smallest absolute Gasteiger partial charge is 0.251 e. The minimum atomic E-state index is -1.11. The lowest BCUT2D eigenvalue weighted by atomic mass is 10.1. The number of nitrogens with one attached hydrogen (secondary N) is 1. The summed E-state index contributed by atoms with van der Waals surface area (Å²) in [5.41, 5.74) is -0.668. The first-order chi connectivity index (χ1) is 10.4. The van der Waals surface area contributed by atoms with Gasteiger partial charge in [-0.1, -0.05) is 0 Å². The molecule has 0 aliphatic heterocycles. The Kier molecular flexibility index (Phi) is 7.14. The molecule has 6 heteroatoms. The van der Waals surface area contributed by atoms with E-state index in [1.165, 1.54) is 7.11 Å². The van der Waals surface area contributed by atoms with Crippen molar-refractivity contribution < 1.29 is 24.1 Å². The third-order valence-corrected chi connectivity index (χ3v) is 2.89. The van der Waals surface area contributed by atoms with E-state index in [2.05, 4.69) is 5.32 Å². The second-order valence-electron chi connectivity index (χ2n) is 5.14. The van der Waals surface area contributed by atoms with Crippen LogP contribution in [0.2, 0.25) is 0 Å². The second-order valence-corrected chi connectivity index (χ2v) is 5.14. The highest BCUT2D eigenvalue weighted by atomic mass is 16.5. The Morgan fingerprint density at radius 2 is 1.86 bits per heavy atom. The summed E-state index contributed by atoms with van der Waals surface area (Å²) in [5, 5.41) is 12.7. The van der Waals surface area contributed by atoms with Gasteiger partial charge in [0.15, 0.2) is 11.5 Å². The molecule has 1 atom stereocenters. The zero-order valence-electron chi connectivity index (χ0n) is 13.6. The fraction of sp³-hybridized carbons (Fsp3) is 0.562. The molecule has 0 saturated heterocycles. The molecular weight excluding hydrogens is 286 g/mol. The van der Waals surface area contributed by atoms with Gasteiger partial charge in [0.25, 0.3) is 5.91 Å². The van der Waals surface area contributed by atoms with E-state index in [0.717, 1.165) is 0 Å². The molecule has 6 nitrogen and oxygen atoms in total. The van der Waals surface area contributed by atoms with E-state index in [9.17, 15) is 9.90 Å². The summed E-state index contributed by atoms with van der Waals surface area (Å²) >= 11 is 0. The first-order valence-corrected chi connectivity index (χ1v) is 7.32. The number of hydrogen-bond acceptors (Lipinski definition) is 5. The van der Waals surface area contributed by atoms with Gasteiger partial charge in [-0.2, -0.15) is 0 Å². The number of benzene rings is 1. The molecule has 1 aromatic rings. The highest BCUT2D eigenvalue weighted by Gasteiger charge is 2.21. The van der Waals surface area contributed by atoms with Crippen LogP contribution < -0.4 is 14.8 Å². The van der Waals surface area contributed by atoms with Crippen molar-refractivity contribution >= 4 is 5.91 Å². The summed E-state index contributed by atoms with van der Waals surface area (Å²) in [6.07, 6.45) is 0. The number of aliphatic hydroxyl groups is 1. The van der Waals surface area contributed by atoms with Crippen LogP contribution in [0.1, 0.15) is 31.1 Å². The Balaban J connectivity index is 2.78. The van der Waals surface area contributed by atoms with Crippen LogP contribution in [0.5, 0.6) is 11.5 Å². The first kappa shape index (κ1) is 18.3. The average molecular weight is 311 g/mol. The van der Waals surface area contributed by atoms with Crippen molar-refractivity contribution in [2.75, 3.05) is 33.5 Å². The van der Waals surface area contributed by atoms with Crippen LogP contribution >= 0.6 is 0 Å². The zero-order valence-corrected chi connectivity index (χ0v) is 13.6. The van der Waals surface area contributed by atoms with E-state index in [4.69, 9.17) is 14.2 Å². The summed E-state index contributed by atoms with van der Waals surface area (Å²) in [6.45, 7) is 6.58. The monoisotopic (exact) mass is 311 g/mol. The molecule has 0 fully saturated rings. The van der Waals surface area contributed by atoms with E-state index >= 15 is 0 Å². The standard InChI is InChI=1S/C16H25NO5/c1-5-21-13-8-7-12(9-14(13)22-6-2)15(18)17-10-16(3,19)11-20-4/h7-9,19H,5-6,10-11H2,1-4H3,(H,17,18). The molecule has 22 heavy (non-hydrogen) atoms. The molecule has 0 heterocycles. The largest absolute Gasteiger partial charge is 0.490 e.